The fourth-order valence-electron chi connectivity index (χ4n) is 2.83. The van der Waals surface area contributed by atoms with E-state index in [-0.39, 0.29) is 11.9 Å². The van der Waals surface area contributed by atoms with E-state index in [1.54, 1.807) is 18.0 Å². The Morgan fingerprint density at radius 1 is 1.30 bits per heavy atom. The number of hydrogen-bond donors (Lipinski definition) is 1. The van der Waals surface area contributed by atoms with Gasteiger partial charge in [0.15, 0.2) is 0 Å². The molecule has 3 rings (SSSR count). The van der Waals surface area contributed by atoms with Crippen molar-refractivity contribution in [3.8, 4) is 0 Å². The van der Waals surface area contributed by atoms with Gasteiger partial charge in [0.2, 0.25) is 0 Å². The van der Waals surface area contributed by atoms with Crippen LogP contribution in [0.5, 0.6) is 0 Å². The Balaban J connectivity index is 1.63. The zero-order chi connectivity index (χ0) is 16.1. The minimum atomic E-state index is 0.0226. The van der Waals surface area contributed by atoms with Gasteiger partial charge in [-0.1, -0.05) is 25.1 Å². The minimum absolute atomic E-state index is 0.0226. The number of carbonyl (C=O) groups is 1. The molecule has 1 aliphatic heterocycles. The van der Waals surface area contributed by atoms with Crippen molar-refractivity contribution in [3.63, 3.8) is 0 Å². The molecule has 0 saturated carbocycles. The molecule has 1 unspecified atom stereocenters. The van der Waals surface area contributed by atoms with Gasteiger partial charge in [-0.25, -0.2) is 4.98 Å². The number of carbonyl (C=O) groups excluding carboxylic acids is 1. The van der Waals surface area contributed by atoms with E-state index in [0.29, 0.717) is 0 Å². The van der Waals surface area contributed by atoms with E-state index < -0.39 is 0 Å². The van der Waals surface area contributed by atoms with E-state index >= 15 is 0 Å². The predicted octanol–water partition coefficient (Wildman–Crippen LogP) is 3.20. The smallest absolute Gasteiger partial charge is 0.252 e. The van der Waals surface area contributed by atoms with Crippen LogP contribution < -0.4 is 10.2 Å². The fourth-order valence-corrected chi connectivity index (χ4v) is 3.63. The minimum Gasteiger partial charge on any atom is -0.354 e. The van der Waals surface area contributed by atoms with Crippen LogP contribution in [0, 0.1) is 0 Å². The fraction of sp³-hybridized carbons (Fsp3) is 0.333. The maximum atomic E-state index is 12.6. The largest absolute Gasteiger partial charge is 0.354 e. The number of nitrogens with one attached hydrogen (secondary N) is 1. The standard InChI is InChI=1S/C18H21N3OS/c1-2-23-16-8-4-3-7-15(16)18(22)20-14-10-12-21(13-14)17-9-5-6-11-19-17/h3-9,11,14H,2,10,12-13H2,1H3,(H,20,22). The average Bonchev–Trinajstić information content (AvgIpc) is 3.05. The summed E-state index contributed by atoms with van der Waals surface area (Å²) in [5.74, 6) is 1.96. The van der Waals surface area contributed by atoms with Crippen molar-refractivity contribution in [2.45, 2.75) is 24.3 Å². The lowest BCUT2D eigenvalue weighted by molar-refractivity contribution is 0.0937. The van der Waals surface area contributed by atoms with Gasteiger partial charge >= 0.3 is 0 Å². The number of nitrogens with zero attached hydrogens (tertiary/aromatic N) is 2. The summed E-state index contributed by atoms with van der Waals surface area (Å²) < 4.78 is 0. The summed E-state index contributed by atoms with van der Waals surface area (Å²) >= 11 is 1.70. The van der Waals surface area contributed by atoms with Gasteiger partial charge in [0, 0.05) is 30.2 Å². The summed E-state index contributed by atoms with van der Waals surface area (Å²) in [7, 11) is 0. The average molecular weight is 327 g/mol. The predicted molar refractivity (Wildman–Crippen MR) is 95.2 cm³/mol. The SMILES string of the molecule is CCSc1ccccc1C(=O)NC1CCN(c2ccccn2)C1. The topological polar surface area (TPSA) is 45.2 Å². The molecule has 2 aromatic rings. The van der Waals surface area contributed by atoms with Crippen molar-refractivity contribution in [1.82, 2.24) is 10.3 Å². The summed E-state index contributed by atoms with van der Waals surface area (Å²) in [6.07, 6.45) is 2.75. The third-order valence-corrected chi connectivity index (χ3v) is 4.88. The van der Waals surface area contributed by atoms with Crippen LogP contribution in [0.15, 0.2) is 53.6 Å². The molecule has 0 radical (unpaired) electrons. The molecule has 0 spiro atoms. The number of thioether (sulfide) groups is 1. The van der Waals surface area contributed by atoms with Crippen molar-refractivity contribution in [2.24, 2.45) is 0 Å². The summed E-state index contributed by atoms with van der Waals surface area (Å²) in [6, 6.07) is 13.9. The van der Waals surface area contributed by atoms with Crippen LogP contribution >= 0.6 is 11.8 Å². The van der Waals surface area contributed by atoms with Gasteiger partial charge in [-0.05, 0) is 36.4 Å². The number of hydrogen-bond acceptors (Lipinski definition) is 4. The molecule has 120 valence electrons. The van der Waals surface area contributed by atoms with Gasteiger partial charge in [0.1, 0.15) is 5.82 Å². The van der Waals surface area contributed by atoms with Crippen molar-refractivity contribution in [3.05, 3.63) is 54.2 Å². The number of amides is 1. The van der Waals surface area contributed by atoms with Crippen molar-refractivity contribution >= 4 is 23.5 Å². The molecule has 1 aromatic heterocycles. The van der Waals surface area contributed by atoms with Crippen molar-refractivity contribution < 1.29 is 4.79 Å². The molecular formula is C18H21N3OS. The Labute approximate surface area is 141 Å². The molecule has 1 saturated heterocycles. The molecule has 4 nitrogen and oxygen atoms in total. The third kappa shape index (κ3) is 3.85. The lowest BCUT2D eigenvalue weighted by Gasteiger charge is -2.18. The summed E-state index contributed by atoms with van der Waals surface area (Å²) in [5, 5.41) is 3.17. The first-order valence-electron chi connectivity index (χ1n) is 7.96. The highest BCUT2D eigenvalue weighted by Gasteiger charge is 2.25. The molecule has 1 amide bonds. The molecule has 0 aliphatic carbocycles. The van der Waals surface area contributed by atoms with Crippen molar-refractivity contribution in [1.29, 1.82) is 0 Å². The van der Waals surface area contributed by atoms with Crippen molar-refractivity contribution in [2.75, 3.05) is 23.7 Å². The van der Waals surface area contributed by atoms with Gasteiger partial charge in [-0.3, -0.25) is 4.79 Å². The van der Waals surface area contributed by atoms with E-state index in [1.807, 2.05) is 42.5 Å². The van der Waals surface area contributed by atoms with Crippen LogP contribution in [0.1, 0.15) is 23.7 Å². The summed E-state index contributed by atoms with van der Waals surface area (Å²) in [5.41, 5.74) is 0.774. The molecule has 2 heterocycles. The van der Waals surface area contributed by atoms with Gasteiger partial charge in [-0.15, -0.1) is 11.8 Å². The van der Waals surface area contributed by atoms with E-state index in [0.717, 1.165) is 41.5 Å². The highest BCUT2D eigenvalue weighted by atomic mass is 32.2. The van der Waals surface area contributed by atoms with Gasteiger partial charge in [-0.2, -0.15) is 0 Å². The molecule has 1 N–H and O–H groups in total. The number of aromatic nitrogens is 1. The molecular weight excluding hydrogens is 306 g/mol. The third-order valence-electron chi connectivity index (χ3n) is 3.93. The van der Waals surface area contributed by atoms with Gasteiger partial charge < -0.3 is 10.2 Å². The zero-order valence-electron chi connectivity index (χ0n) is 13.2. The molecule has 5 heteroatoms. The second-order valence-corrected chi connectivity index (χ2v) is 6.83. The summed E-state index contributed by atoms with van der Waals surface area (Å²) in [4.78, 5) is 20.2. The molecule has 0 bridgehead atoms. The van der Waals surface area contributed by atoms with E-state index in [2.05, 4.69) is 22.1 Å². The first kappa shape index (κ1) is 15.9. The maximum absolute atomic E-state index is 12.6. The second kappa shape index (κ2) is 7.51. The van der Waals surface area contributed by atoms with E-state index in [9.17, 15) is 4.79 Å². The first-order valence-corrected chi connectivity index (χ1v) is 8.95. The normalized spacial score (nSPS) is 17.3. The number of rotatable bonds is 5. The molecule has 1 fully saturated rings. The van der Waals surface area contributed by atoms with Crippen LogP contribution in [-0.4, -0.2) is 35.8 Å². The Morgan fingerprint density at radius 2 is 2.13 bits per heavy atom. The Kier molecular flexibility index (Phi) is 5.18. The lowest BCUT2D eigenvalue weighted by Crippen LogP contribution is -2.37. The van der Waals surface area contributed by atoms with E-state index in [1.165, 1.54) is 0 Å². The van der Waals surface area contributed by atoms with Crippen LogP contribution in [0.3, 0.4) is 0 Å². The van der Waals surface area contributed by atoms with E-state index in [4.69, 9.17) is 0 Å². The van der Waals surface area contributed by atoms with Gasteiger partial charge in [0.25, 0.3) is 5.91 Å². The monoisotopic (exact) mass is 327 g/mol. The Hall–Kier alpha value is -2.01. The summed E-state index contributed by atoms with van der Waals surface area (Å²) in [6.45, 7) is 3.83. The van der Waals surface area contributed by atoms with Crippen LogP contribution in [0.25, 0.3) is 0 Å². The van der Waals surface area contributed by atoms with Gasteiger partial charge in [0.05, 0.1) is 5.56 Å². The molecule has 1 aromatic carbocycles. The zero-order valence-corrected chi connectivity index (χ0v) is 14.1. The first-order chi connectivity index (χ1) is 11.3. The van der Waals surface area contributed by atoms with Crippen LogP contribution in [0.4, 0.5) is 5.82 Å². The Morgan fingerprint density at radius 3 is 2.91 bits per heavy atom. The van der Waals surface area contributed by atoms with Crippen LogP contribution in [0.2, 0.25) is 0 Å². The number of benzene rings is 1. The highest BCUT2D eigenvalue weighted by molar-refractivity contribution is 7.99. The number of anilines is 1. The second-order valence-electron chi connectivity index (χ2n) is 5.52. The lowest BCUT2D eigenvalue weighted by atomic mass is 10.2. The van der Waals surface area contributed by atoms with Crippen LogP contribution in [-0.2, 0) is 0 Å². The maximum Gasteiger partial charge on any atom is 0.252 e. The highest BCUT2D eigenvalue weighted by Crippen LogP contribution is 2.23. The molecule has 23 heavy (non-hydrogen) atoms. The molecule has 1 atom stereocenters. The molecule has 1 aliphatic rings. The number of pyridine rings is 1. The Bertz CT molecular complexity index is 662. The quantitative estimate of drug-likeness (QED) is 0.857.